The zero-order valence-electron chi connectivity index (χ0n) is 9.86. The molecule has 2 rings (SSSR count). The van der Waals surface area contributed by atoms with Crippen LogP contribution in [-0.2, 0) is 0 Å². The number of benzene rings is 2. The molecule has 0 aliphatic rings. The molecule has 0 radical (unpaired) electrons. The molecule has 0 fully saturated rings. The fourth-order valence-electron chi connectivity index (χ4n) is 1.62. The van der Waals surface area contributed by atoms with E-state index in [1.165, 1.54) is 6.07 Å². The Labute approximate surface area is 114 Å². The molecule has 2 nitrogen and oxygen atoms in total. The standard InChI is InChI=1S/C14H13BrFNO/c1-9(17)11-4-2-3-5-13(11)18-14-8-10(15)6-7-12(14)16/h2-9H,17H2,1H3. The fourth-order valence-corrected chi connectivity index (χ4v) is 1.96. The summed E-state index contributed by atoms with van der Waals surface area (Å²) in [5, 5.41) is 0. The molecule has 94 valence electrons. The summed E-state index contributed by atoms with van der Waals surface area (Å²) in [6.07, 6.45) is 0. The van der Waals surface area contributed by atoms with Gasteiger partial charge >= 0.3 is 0 Å². The van der Waals surface area contributed by atoms with Crippen LogP contribution in [0.4, 0.5) is 4.39 Å². The van der Waals surface area contributed by atoms with E-state index in [0.29, 0.717) is 5.75 Å². The van der Waals surface area contributed by atoms with Crippen molar-refractivity contribution in [3.8, 4) is 11.5 Å². The predicted octanol–water partition coefficient (Wildman–Crippen LogP) is 4.40. The highest BCUT2D eigenvalue weighted by atomic mass is 79.9. The molecule has 0 saturated carbocycles. The number of ether oxygens (including phenoxy) is 1. The van der Waals surface area contributed by atoms with E-state index >= 15 is 0 Å². The van der Waals surface area contributed by atoms with Crippen molar-refractivity contribution >= 4 is 15.9 Å². The zero-order chi connectivity index (χ0) is 13.1. The third-order valence-electron chi connectivity index (χ3n) is 2.52. The summed E-state index contributed by atoms with van der Waals surface area (Å²) in [6, 6.07) is 11.8. The summed E-state index contributed by atoms with van der Waals surface area (Å²) in [7, 11) is 0. The van der Waals surface area contributed by atoms with Gasteiger partial charge in [-0.15, -0.1) is 0 Å². The summed E-state index contributed by atoms with van der Waals surface area (Å²) in [4.78, 5) is 0. The third-order valence-corrected chi connectivity index (χ3v) is 3.02. The minimum Gasteiger partial charge on any atom is -0.454 e. The minimum absolute atomic E-state index is 0.170. The maximum absolute atomic E-state index is 13.6. The highest BCUT2D eigenvalue weighted by Gasteiger charge is 2.11. The molecule has 0 aliphatic heterocycles. The molecular formula is C14H13BrFNO. The quantitative estimate of drug-likeness (QED) is 0.912. The lowest BCUT2D eigenvalue weighted by Crippen LogP contribution is -2.06. The molecule has 1 unspecified atom stereocenters. The number of halogens is 2. The van der Waals surface area contributed by atoms with Crippen molar-refractivity contribution in [1.82, 2.24) is 0 Å². The van der Waals surface area contributed by atoms with Gasteiger partial charge in [0.05, 0.1) is 0 Å². The Bertz CT molecular complexity index is 557. The molecule has 0 heterocycles. The Balaban J connectivity index is 2.37. The number of hydrogen-bond donors (Lipinski definition) is 1. The van der Waals surface area contributed by atoms with Crippen LogP contribution in [0.2, 0.25) is 0 Å². The topological polar surface area (TPSA) is 35.2 Å². The SMILES string of the molecule is CC(N)c1ccccc1Oc1cc(Br)ccc1F. The van der Waals surface area contributed by atoms with Gasteiger partial charge in [-0.05, 0) is 31.2 Å². The molecule has 0 amide bonds. The van der Waals surface area contributed by atoms with E-state index in [1.807, 2.05) is 25.1 Å². The Morgan fingerprint density at radius 2 is 1.89 bits per heavy atom. The number of para-hydroxylation sites is 1. The smallest absolute Gasteiger partial charge is 0.165 e. The maximum atomic E-state index is 13.6. The average molecular weight is 310 g/mol. The van der Waals surface area contributed by atoms with Gasteiger partial charge in [-0.25, -0.2) is 4.39 Å². The molecule has 0 spiro atoms. The van der Waals surface area contributed by atoms with Gasteiger partial charge in [-0.2, -0.15) is 0 Å². The first-order valence-electron chi connectivity index (χ1n) is 5.55. The Morgan fingerprint density at radius 1 is 1.17 bits per heavy atom. The van der Waals surface area contributed by atoms with Crippen LogP contribution in [0.3, 0.4) is 0 Å². The fraction of sp³-hybridized carbons (Fsp3) is 0.143. The highest BCUT2D eigenvalue weighted by molar-refractivity contribution is 9.10. The van der Waals surface area contributed by atoms with E-state index < -0.39 is 5.82 Å². The number of rotatable bonds is 3. The monoisotopic (exact) mass is 309 g/mol. The lowest BCUT2D eigenvalue weighted by atomic mass is 10.1. The van der Waals surface area contributed by atoms with E-state index in [2.05, 4.69) is 15.9 Å². The predicted molar refractivity (Wildman–Crippen MR) is 73.2 cm³/mol. The molecular weight excluding hydrogens is 297 g/mol. The van der Waals surface area contributed by atoms with Gasteiger partial charge in [0, 0.05) is 16.1 Å². The zero-order valence-corrected chi connectivity index (χ0v) is 11.4. The summed E-state index contributed by atoms with van der Waals surface area (Å²) in [5.74, 6) is 0.347. The Kier molecular flexibility index (Phi) is 3.99. The molecule has 0 aliphatic carbocycles. The van der Waals surface area contributed by atoms with Crippen LogP contribution in [0, 0.1) is 5.82 Å². The van der Waals surface area contributed by atoms with E-state index in [0.717, 1.165) is 10.0 Å². The molecule has 4 heteroatoms. The van der Waals surface area contributed by atoms with Crippen molar-refractivity contribution in [2.75, 3.05) is 0 Å². The van der Waals surface area contributed by atoms with Crippen molar-refractivity contribution < 1.29 is 9.13 Å². The summed E-state index contributed by atoms with van der Waals surface area (Å²) < 4.78 is 20.0. The largest absolute Gasteiger partial charge is 0.454 e. The van der Waals surface area contributed by atoms with Gasteiger partial charge < -0.3 is 10.5 Å². The lowest BCUT2D eigenvalue weighted by Gasteiger charge is -2.14. The van der Waals surface area contributed by atoms with Crippen LogP contribution < -0.4 is 10.5 Å². The van der Waals surface area contributed by atoms with Crippen LogP contribution in [0.15, 0.2) is 46.9 Å². The van der Waals surface area contributed by atoms with Crippen molar-refractivity contribution in [3.63, 3.8) is 0 Å². The first kappa shape index (κ1) is 13.1. The number of nitrogens with two attached hydrogens (primary N) is 1. The van der Waals surface area contributed by atoms with E-state index in [-0.39, 0.29) is 11.8 Å². The second-order valence-corrected chi connectivity index (χ2v) is 4.92. The van der Waals surface area contributed by atoms with Crippen LogP contribution in [0.5, 0.6) is 11.5 Å². The molecule has 1 atom stereocenters. The van der Waals surface area contributed by atoms with Crippen molar-refractivity contribution in [2.45, 2.75) is 13.0 Å². The summed E-state index contributed by atoms with van der Waals surface area (Å²) >= 11 is 3.29. The first-order chi connectivity index (χ1) is 8.58. The number of hydrogen-bond acceptors (Lipinski definition) is 2. The molecule has 2 aromatic carbocycles. The molecule has 0 saturated heterocycles. The molecule has 2 N–H and O–H groups in total. The van der Waals surface area contributed by atoms with Crippen LogP contribution in [0.1, 0.15) is 18.5 Å². The second-order valence-electron chi connectivity index (χ2n) is 4.00. The normalized spacial score (nSPS) is 12.2. The van der Waals surface area contributed by atoms with E-state index in [1.54, 1.807) is 18.2 Å². The average Bonchev–Trinajstić information content (AvgIpc) is 2.34. The minimum atomic E-state index is -0.405. The molecule has 2 aromatic rings. The molecule has 18 heavy (non-hydrogen) atoms. The van der Waals surface area contributed by atoms with Gasteiger partial charge in [0.15, 0.2) is 11.6 Å². The van der Waals surface area contributed by atoms with Crippen molar-refractivity contribution in [3.05, 3.63) is 58.3 Å². The van der Waals surface area contributed by atoms with E-state index in [9.17, 15) is 4.39 Å². The third kappa shape index (κ3) is 2.89. The van der Waals surface area contributed by atoms with Gasteiger partial charge in [0.2, 0.25) is 0 Å². The van der Waals surface area contributed by atoms with Gasteiger partial charge in [-0.1, -0.05) is 34.1 Å². The molecule has 0 aromatic heterocycles. The highest BCUT2D eigenvalue weighted by Crippen LogP contribution is 2.31. The van der Waals surface area contributed by atoms with Gasteiger partial charge in [0.25, 0.3) is 0 Å². The lowest BCUT2D eigenvalue weighted by molar-refractivity contribution is 0.434. The van der Waals surface area contributed by atoms with Crippen molar-refractivity contribution in [2.24, 2.45) is 5.73 Å². The molecule has 0 bridgehead atoms. The first-order valence-corrected chi connectivity index (χ1v) is 6.34. The van der Waals surface area contributed by atoms with Crippen LogP contribution >= 0.6 is 15.9 Å². The Hall–Kier alpha value is -1.39. The van der Waals surface area contributed by atoms with Crippen LogP contribution in [0.25, 0.3) is 0 Å². The maximum Gasteiger partial charge on any atom is 0.165 e. The van der Waals surface area contributed by atoms with Crippen LogP contribution in [-0.4, -0.2) is 0 Å². The summed E-state index contributed by atoms with van der Waals surface area (Å²) in [5.41, 5.74) is 6.70. The Morgan fingerprint density at radius 3 is 2.61 bits per heavy atom. The van der Waals surface area contributed by atoms with E-state index in [4.69, 9.17) is 10.5 Å². The van der Waals surface area contributed by atoms with Gasteiger partial charge in [0.1, 0.15) is 5.75 Å². The van der Waals surface area contributed by atoms with Crippen molar-refractivity contribution in [1.29, 1.82) is 0 Å². The second kappa shape index (κ2) is 5.50. The van der Waals surface area contributed by atoms with Gasteiger partial charge in [-0.3, -0.25) is 0 Å². The summed E-state index contributed by atoms with van der Waals surface area (Å²) in [6.45, 7) is 1.86.